The molecule has 4 rings (SSSR count). The zero-order chi connectivity index (χ0) is 22.5. The topological polar surface area (TPSA) is 81.3 Å². The Morgan fingerprint density at radius 2 is 2.06 bits per heavy atom. The normalized spacial score (nSPS) is 18.6. The van der Waals surface area contributed by atoms with Gasteiger partial charge in [0, 0.05) is 68.5 Å². The Balaban J connectivity index is 1.50. The molecule has 2 aromatic heterocycles. The predicted molar refractivity (Wildman–Crippen MR) is 128 cm³/mol. The minimum atomic E-state index is -0.0760. The summed E-state index contributed by atoms with van der Waals surface area (Å²) in [5.74, 6) is 0.676. The molecule has 1 amide bonds. The van der Waals surface area contributed by atoms with Gasteiger partial charge in [0.15, 0.2) is 0 Å². The summed E-state index contributed by atoms with van der Waals surface area (Å²) in [6.45, 7) is 7.08. The van der Waals surface area contributed by atoms with Crippen molar-refractivity contribution >= 4 is 11.6 Å². The Labute approximate surface area is 189 Å². The van der Waals surface area contributed by atoms with Crippen LogP contribution in [-0.2, 0) is 4.79 Å². The van der Waals surface area contributed by atoms with Crippen LogP contribution in [0.1, 0.15) is 33.1 Å². The van der Waals surface area contributed by atoms with Crippen molar-refractivity contribution in [2.24, 2.45) is 5.92 Å². The third kappa shape index (κ3) is 5.65. The molecule has 2 fully saturated rings. The third-order valence-corrected chi connectivity index (χ3v) is 6.18. The number of likely N-dealkylation sites (tertiary alicyclic amines) is 1. The molecule has 2 N–H and O–H groups in total. The molecule has 1 unspecified atom stereocenters. The van der Waals surface area contributed by atoms with Gasteiger partial charge < -0.3 is 20.1 Å². The zero-order valence-corrected chi connectivity index (χ0v) is 19.0. The van der Waals surface area contributed by atoms with Crippen molar-refractivity contribution in [3.63, 3.8) is 0 Å². The van der Waals surface area contributed by atoms with Crippen molar-refractivity contribution in [3.05, 3.63) is 59.3 Å². The first-order valence-electron chi connectivity index (χ1n) is 11.6. The van der Waals surface area contributed by atoms with Crippen LogP contribution < -0.4 is 15.8 Å². The number of nitrogens with zero attached hydrogens (tertiary/aromatic N) is 3. The van der Waals surface area contributed by atoms with E-state index in [9.17, 15) is 9.59 Å². The van der Waals surface area contributed by atoms with Gasteiger partial charge in [0.1, 0.15) is 5.69 Å². The molecular formula is C25H33N5O2. The Hall–Kier alpha value is -2.93. The number of hydrogen-bond acceptors (Lipinski definition) is 5. The molecule has 1 atom stereocenters. The lowest BCUT2D eigenvalue weighted by Crippen LogP contribution is -2.42. The van der Waals surface area contributed by atoms with Gasteiger partial charge in [0.2, 0.25) is 5.91 Å². The maximum absolute atomic E-state index is 12.8. The van der Waals surface area contributed by atoms with E-state index in [1.807, 2.05) is 29.2 Å². The van der Waals surface area contributed by atoms with Gasteiger partial charge >= 0.3 is 0 Å². The number of H-pyrrole nitrogens is 1. The SMILES string of the molecule is CC(C)NCC=CC(=O)N1CCC(N(CC2CC2)c2cc(-c3ccncc3)c[nH]c2=O)C1. The molecule has 0 radical (unpaired) electrons. The molecule has 0 aromatic carbocycles. The molecule has 170 valence electrons. The van der Waals surface area contributed by atoms with E-state index < -0.39 is 0 Å². The van der Waals surface area contributed by atoms with Gasteiger partial charge in [-0.15, -0.1) is 0 Å². The van der Waals surface area contributed by atoms with Crippen LogP contribution in [0.15, 0.2) is 53.7 Å². The van der Waals surface area contributed by atoms with Gasteiger partial charge in [-0.25, -0.2) is 0 Å². The number of hydrogen-bond donors (Lipinski definition) is 2. The fourth-order valence-corrected chi connectivity index (χ4v) is 4.18. The molecule has 1 aliphatic carbocycles. The van der Waals surface area contributed by atoms with Crippen molar-refractivity contribution in [2.45, 2.75) is 45.2 Å². The molecule has 32 heavy (non-hydrogen) atoms. The van der Waals surface area contributed by atoms with Crippen LogP contribution in [-0.4, -0.2) is 59.0 Å². The summed E-state index contributed by atoms with van der Waals surface area (Å²) < 4.78 is 0. The molecular weight excluding hydrogens is 402 g/mol. The lowest BCUT2D eigenvalue weighted by molar-refractivity contribution is -0.125. The summed E-state index contributed by atoms with van der Waals surface area (Å²) in [7, 11) is 0. The standard InChI is InChI=1S/C25H33N5O2/c1-18(2)27-10-3-4-24(31)29-13-9-22(17-29)30(16-19-5-6-19)23-14-21(15-28-25(23)32)20-7-11-26-12-8-20/h3-4,7-8,11-12,14-15,18-19,22,27H,5-6,9-10,13,16-17H2,1-2H3,(H,28,32). The molecule has 2 aromatic rings. The molecule has 3 heterocycles. The van der Waals surface area contributed by atoms with Crippen molar-refractivity contribution in [1.82, 2.24) is 20.2 Å². The minimum absolute atomic E-state index is 0.0453. The van der Waals surface area contributed by atoms with Crippen molar-refractivity contribution in [1.29, 1.82) is 0 Å². The maximum Gasteiger partial charge on any atom is 0.271 e. The van der Waals surface area contributed by atoms with E-state index in [4.69, 9.17) is 0 Å². The summed E-state index contributed by atoms with van der Waals surface area (Å²) in [6, 6.07) is 6.41. The smallest absolute Gasteiger partial charge is 0.271 e. The highest BCUT2D eigenvalue weighted by atomic mass is 16.2. The summed E-state index contributed by atoms with van der Waals surface area (Å²) in [4.78, 5) is 36.7. The molecule has 1 saturated carbocycles. The van der Waals surface area contributed by atoms with Crippen LogP contribution in [0.2, 0.25) is 0 Å². The highest BCUT2D eigenvalue weighted by Gasteiger charge is 2.34. The van der Waals surface area contributed by atoms with Crippen molar-refractivity contribution in [2.75, 3.05) is 31.1 Å². The number of anilines is 1. The zero-order valence-electron chi connectivity index (χ0n) is 19.0. The quantitative estimate of drug-likeness (QED) is 0.592. The van der Waals surface area contributed by atoms with Crippen LogP contribution in [0.25, 0.3) is 11.1 Å². The average molecular weight is 436 g/mol. The number of rotatable bonds is 9. The predicted octanol–water partition coefficient (Wildman–Crippen LogP) is 2.81. The molecule has 7 nitrogen and oxygen atoms in total. The number of nitrogens with one attached hydrogen (secondary N) is 2. The number of aromatic amines is 1. The van der Waals surface area contributed by atoms with Crippen LogP contribution in [0.5, 0.6) is 0 Å². The van der Waals surface area contributed by atoms with Crippen LogP contribution in [0.4, 0.5) is 5.69 Å². The lowest BCUT2D eigenvalue weighted by Gasteiger charge is -2.31. The summed E-state index contributed by atoms with van der Waals surface area (Å²) in [5.41, 5.74) is 2.61. The third-order valence-electron chi connectivity index (χ3n) is 6.18. The fraction of sp³-hybridized carbons (Fsp3) is 0.480. The first-order valence-corrected chi connectivity index (χ1v) is 11.6. The van der Waals surface area contributed by atoms with Crippen molar-refractivity contribution < 1.29 is 4.79 Å². The number of carbonyl (C=O) groups is 1. The van der Waals surface area contributed by atoms with E-state index in [-0.39, 0.29) is 17.5 Å². The van der Waals surface area contributed by atoms with Crippen LogP contribution in [0.3, 0.4) is 0 Å². The summed E-state index contributed by atoms with van der Waals surface area (Å²) in [5, 5.41) is 3.29. The summed E-state index contributed by atoms with van der Waals surface area (Å²) >= 11 is 0. The summed E-state index contributed by atoms with van der Waals surface area (Å²) in [6.07, 6.45) is 12.1. The largest absolute Gasteiger partial charge is 0.362 e. The van der Waals surface area contributed by atoms with E-state index in [1.54, 1.807) is 24.7 Å². The highest BCUT2D eigenvalue weighted by molar-refractivity contribution is 5.88. The molecule has 1 aliphatic heterocycles. The van der Waals surface area contributed by atoms with Gasteiger partial charge in [-0.3, -0.25) is 14.6 Å². The molecule has 0 spiro atoms. The molecule has 7 heteroatoms. The van der Waals surface area contributed by atoms with E-state index in [2.05, 4.69) is 34.0 Å². The molecule has 0 bridgehead atoms. The van der Waals surface area contributed by atoms with Crippen LogP contribution in [0, 0.1) is 5.92 Å². The average Bonchev–Trinajstić information content (AvgIpc) is 3.49. The Morgan fingerprint density at radius 1 is 1.28 bits per heavy atom. The highest BCUT2D eigenvalue weighted by Crippen LogP contribution is 2.33. The molecule has 2 aliphatic rings. The number of pyridine rings is 2. The van der Waals surface area contributed by atoms with E-state index in [0.29, 0.717) is 37.3 Å². The Morgan fingerprint density at radius 3 is 2.78 bits per heavy atom. The lowest BCUT2D eigenvalue weighted by atomic mass is 10.1. The number of aromatic nitrogens is 2. The Bertz CT molecular complexity index is 997. The minimum Gasteiger partial charge on any atom is -0.362 e. The van der Waals surface area contributed by atoms with Gasteiger partial charge in [-0.2, -0.15) is 0 Å². The maximum atomic E-state index is 12.8. The second-order valence-electron chi connectivity index (χ2n) is 9.13. The first kappa shape index (κ1) is 22.3. The van der Waals surface area contributed by atoms with Crippen molar-refractivity contribution in [3.8, 4) is 11.1 Å². The fourth-order valence-electron chi connectivity index (χ4n) is 4.18. The van der Waals surface area contributed by atoms with Gasteiger partial charge in [-0.05, 0) is 48.9 Å². The van der Waals surface area contributed by atoms with Gasteiger partial charge in [0.05, 0.1) is 0 Å². The first-order chi connectivity index (χ1) is 15.5. The Kier molecular flexibility index (Phi) is 7.05. The number of amides is 1. The van der Waals surface area contributed by atoms with E-state index >= 15 is 0 Å². The second kappa shape index (κ2) is 10.1. The number of carbonyl (C=O) groups excluding carboxylic acids is 1. The van der Waals surface area contributed by atoms with E-state index in [0.717, 1.165) is 24.1 Å². The molecule has 1 saturated heterocycles. The van der Waals surface area contributed by atoms with Crippen LogP contribution >= 0.6 is 0 Å². The second-order valence-corrected chi connectivity index (χ2v) is 9.13. The van der Waals surface area contributed by atoms with Gasteiger partial charge in [0.25, 0.3) is 5.56 Å². The van der Waals surface area contributed by atoms with E-state index in [1.165, 1.54) is 12.8 Å². The monoisotopic (exact) mass is 435 g/mol. The van der Waals surface area contributed by atoms with Gasteiger partial charge in [-0.1, -0.05) is 19.9 Å².